The number of hydrogen-bond acceptors (Lipinski definition) is 3. The van der Waals surface area contributed by atoms with Crippen LogP contribution in [0.25, 0.3) is 0 Å². The molecule has 0 heterocycles. The predicted octanol–water partition coefficient (Wildman–Crippen LogP) is 5.97. The molecule has 1 N–H and O–H groups in total. The molecule has 0 bridgehead atoms. The van der Waals surface area contributed by atoms with Crippen LogP contribution in [0, 0.1) is 13.8 Å². The standard InChI is InChI=1S/C24H29Cl3N2O3/c1-6-21(24(31)28-14(2)3)29(12-18-19(25)8-7-9-20(18)26)22(30)13-32-17-10-15(4)23(27)16(5)11-17/h7-11,14,21H,6,12-13H2,1-5H3,(H,28,31)/t21-/m0/s1. The van der Waals surface area contributed by atoms with E-state index in [2.05, 4.69) is 5.32 Å². The molecule has 32 heavy (non-hydrogen) atoms. The van der Waals surface area contributed by atoms with Gasteiger partial charge in [-0.15, -0.1) is 0 Å². The Kier molecular flexibility index (Phi) is 9.68. The molecule has 0 aliphatic rings. The number of ether oxygens (including phenoxy) is 1. The maximum atomic E-state index is 13.3. The smallest absolute Gasteiger partial charge is 0.261 e. The fourth-order valence-electron chi connectivity index (χ4n) is 3.37. The quantitative estimate of drug-likeness (QED) is 0.462. The zero-order valence-corrected chi connectivity index (χ0v) is 21.2. The molecule has 0 saturated heterocycles. The van der Waals surface area contributed by atoms with Crippen molar-refractivity contribution in [2.24, 2.45) is 0 Å². The molecule has 0 aliphatic heterocycles. The van der Waals surface area contributed by atoms with Crippen molar-refractivity contribution in [3.05, 3.63) is 62.1 Å². The minimum atomic E-state index is -0.700. The van der Waals surface area contributed by atoms with Gasteiger partial charge in [0.05, 0.1) is 0 Å². The van der Waals surface area contributed by atoms with Gasteiger partial charge in [0.1, 0.15) is 11.8 Å². The van der Waals surface area contributed by atoms with Crippen LogP contribution < -0.4 is 10.1 Å². The van der Waals surface area contributed by atoms with Crippen LogP contribution in [0.4, 0.5) is 0 Å². The number of halogens is 3. The first-order valence-electron chi connectivity index (χ1n) is 10.5. The third kappa shape index (κ3) is 6.77. The van der Waals surface area contributed by atoms with E-state index in [0.717, 1.165) is 11.1 Å². The Hall–Kier alpha value is -1.95. The Morgan fingerprint density at radius 1 is 1.06 bits per heavy atom. The van der Waals surface area contributed by atoms with E-state index in [9.17, 15) is 9.59 Å². The molecule has 174 valence electrons. The Morgan fingerprint density at radius 2 is 1.62 bits per heavy atom. The van der Waals surface area contributed by atoms with Crippen LogP contribution in [0.3, 0.4) is 0 Å². The van der Waals surface area contributed by atoms with Crippen molar-refractivity contribution in [1.29, 1.82) is 0 Å². The van der Waals surface area contributed by atoms with Crippen LogP contribution in [0.1, 0.15) is 43.9 Å². The summed E-state index contributed by atoms with van der Waals surface area (Å²) in [6, 6.07) is 7.94. The lowest BCUT2D eigenvalue weighted by Gasteiger charge is -2.31. The Bertz CT molecular complexity index is 936. The van der Waals surface area contributed by atoms with Crippen molar-refractivity contribution in [3.8, 4) is 5.75 Å². The highest BCUT2D eigenvalue weighted by atomic mass is 35.5. The average molecular weight is 500 g/mol. The van der Waals surface area contributed by atoms with Crippen LogP contribution in [0.2, 0.25) is 15.1 Å². The Labute approximate surface area is 205 Å². The first-order chi connectivity index (χ1) is 15.0. The average Bonchev–Trinajstić information content (AvgIpc) is 2.71. The highest BCUT2D eigenvalue weighted by Gasteiger charge is 2.30. The van der Waals surface area contributed by atoms with Gasteiger partial charge in [0, 0.05) is 33.2 Å². The lowest BCUT2D eigenvalue weighted by atomic mass is 10.1. The molecule has 2 aromatic rings. The molecule has 5 nitrogen and oxygen atoms in total. The van der Waals surface area contributed by atoms with E-state index >= 15 is 0 Å². The lowest BCUT2D eigenvalue weighted by Crippen LogP contribution is -2.51. The Morgan fingerprint density at radius 3 is 2.12 bits per heavy atom. The van der Waals surface area contributed by atoms with E-state index in [1.807, 2.05) is 34.6 Å². The van der Waals surface area contributed by atoms with Gasteiger partial charge in [0.15, 0.2) is 6.61 Å². The number of hydrogen-bond donors (Lipinski definition) is 1. The monoisotopic (exact) mass is 498 g/mol. The maximum absolute atomic E-state index is 13.3. The number of aryl methyl sites for hydroxylation is 2. The third-order valence-electron chi connectivity index (χ3n) is 4.98. The fraction of sp³-hybridized carbons (Fsp3) is 0.417. The predicted molar refractivity (Wildman–Crippen MR) is 131 cm³/mol. The summed E-state index contributed by atoms with van der Waals surface area (Å²) in [6.45, 7) is 9.19. The van der Waals surface area contributed by atoms with Crippen molar-refractivity contribution < 1.29 is 14.3 Å². The molecular weight excluding hydrogens is 471 g/mol. The summed E-state index contributed by atoms with van der Waals surface area (Å²) < 4.78 is 5.77. The Balaban J connectivity index is 2.31. The summed E-state index contributed by atoms with van der Waals surface area (Å²) >= 11 is 18.9. The number of nitrogens with one attached hydrogen (secondary N) is 1. The van der Waals surface area contributed by atoms with Crippen molar-refractivity contribution in [2.75, 3.05) is 6.61 Å². The molecule has 0 radical (unpaired) electrons. The molecule has 0 saturated carbocycles. The fourth-order valence-corrected chi connectivity index (χ4v) is 4.00. The molecule has 2 amide bonds. The summed E-state index contributed by atoms with van der Waals surface area (Å²) in [5, 5.41) is 4.41. The summed E-state index contributed by atoms with van der Waals surface area (Å²) in [5.41, 5.74) is 2.30. The minimum Gasteiger partial charge on any atom is -0.484 e. The second-order valence-corrected chi connectivity index (χ2v) is 9.16. The van der Waals surface area contributed by atoms with Crippen molar-refractivity contribution in [1.82, 2.24) is 10.2 Å². The van der Waals surface area contributed by atoms with Crippen molar-refractivity contribution in [3.63, 3.8) is 0 Å². The number of rotatable bonds is 9. The first-order valence-corrected chi connectivity index (χ1v) is 11.6. The van der Waals surface area contributed by atoms with Crippen LogP contribution in [-0.2, 0) is 16.1 Å². The van der Waals surface area contributed by atoms with Crippen LogP contribution in [0.15, 0.2) is 30.3 Å². The second-order valence-electron chi connectivity index (χ2n) is 7.97. The lowest BCUT2D eigenvalue weighted by molar-refractivity contribution is -0.143. The highest BCUT2D eigenvalue weighted by Crippen LogP contribution is 2.28. The number of carbonyl (C=O) groups is 2. The molecule has 1 atom stereocenters. The molecule has 2 aromatic carbocycles. The number of nitrogens with zero attached hydrogens (tertiary/aromatic N) is 1. The van der Waals surface area contributed by atoms with Crippen LogP contribution in [0.5, 0.6) is 5.75 Å². The van der Waals surface area contributed by atoms with Gasteiger partial charge < -0.3 is 15.0 Å². The number of amides is 2. The molecular formula is C24H29Cl3N2O3. The topological polar surface area (TPSA) is 58.6 Å². The third-order valence-corrected chi connectivity index (χ3v) is 6.28. The SMILES string of the molecule is CC[C@@H](C(=O)NC(C)C)N(Cc1c(Cl)cccc1Cl)C(=O)COc1cc(C)c(Cl)c(C)c1. The van der Waals surface area contributed by atoms with Gasteiger partial charge in [-0.05, 0) is 69.5 Å². The zero-order valence-electron chi connectivity index (χ0n) is 19.0. The van der Waals surface area contributed by atoms with E-state index in [4.69, 9.17) is 39.5 Å². The largest absolute Gasteiger partial charge is 0.484 e. The summed E-state index contributed by atoms with van der Waals surface area (Å²) in [7, 11) is 0. The number of benzene rings is 2. The maximum Gasteiger partial charge on any atom is 0.261 e. The van der Waals surface area contributed by atoms with Crippen LogP contribution in [-0.4, -0.2) is 35.4 Å². The molecule has 0 aromatic heterocycles. The van der Waals surface area contributed by atoms with E-state index < -0.39 is 6.04 Å². The van der Waals surface area contributed by atoms with Crippen molar-refractivity contribution >= 4 is 46.6 Å². The van der Waals surface area contributed by atoms with Gasteiger partial charge in [-0.2, -0.15) is 0 Å². The van der Waals surface area contributed by atoms with Gasteiger partial charge >= 0.3 is 0 Å². The number of carbonyl (C=O) groups excluding carboxylic acids is 2. The van der Waals surface area contributed by atoms with E-state index in [-0.39, 0.29) is 31.0 Å². The molecule has 0 fully saturated rings. The van der Waals surface area contributed by atoms with Gasteiger partial charge in [-0.3, -0.25) is 9.59 Å². The van der Waals surface area contributed by atoms with E-state index in [1.165, 1.54) is 4.90 Å². The van der Waals surface area contributed by atoms with Gasteiger partial charge in [-0.25, -0.2) is 0 Å². The molecule has 0 spiro atoms. The second kappa shape index (κ2) is 11.8. The summed E-state index contributed by atoms with van der Waals surface area (Å²) in [4.78, 5) is 27.6. The highest BCUT2D eigenvalue weighted by molar-refractivity contribution is 6.36. The normalized spacial score (nSPS) is 11.9. The van der Waals surface area contributed by atoms with E-state index in [1.54, 1.807) is 30.3 Å². The summed E-state index contributed by atoms with van der Waals surface area (Å²) in [6.07, 6.45) is 0.422. The van der Waals surface area contributed by atoms with Crippen LogP contribution >= 0.6 is 34.8 Å². The molecule has 2 rings (SSSR count). The van der Waals surface area contributed by atoms with Gasteiger partial charge in [0.2, 0.25) is 5.91 Å². The first kappa shape index (κ1) is 26.3. The summed E-state index contributed by atoms with van der Waals surface area (Å²) in [5.74, 6) is -0.0534. The van der Waals surface area contributed by atoms with Gasteiger partial charge in [-0.1, -0.05) is 47.8 Å². The van der Waals surface area contributed by atoms with E-state index in [0.29, 0.717) is 32.8 Å². The van der Waals surface area contributed by atoms with Gasteiger partial charge in [0.25, 0.3) is 5.91 Å². The minimum absolute atomic E-state index is 0.0614. The van der Waals surface area contributed by atoms with Crippen molar-refractivity contribution in [2.45, 2.75) is 59.7 Å². The molecule has 0 aliphatic carbocycles. The molecule has 0 unspecified atom stereocenters. The zero-order chi connectivity index (χ0) is 24.0. The molecule has 8 heteroatoms.